The topological polar surface area (TPSA) is 95.9 Å². The molecule has 1 amide bonds. The highest BCUT2D eigenvalue weighted by Crippen LogP contribution is 2.17. The normalized spacial score (nSPS) is 12.7. The van der Waals surface area contributed by atoms with Crippen molar-refractivity contribution in [3.8, 4) is 0 Å². The first-order valence-corrected chi connectivity index (χ1v) is 25.9. The van der Waals surface area contributed by atoms with Crippen molar-refractivity contribution in [1.82, 2.24) is 5.32 Å². The van der Waals surface area contributed by atoms with Gasteiger partial charge >= 0.3 is 5.97 Å². The van der Waals surface area contributed by atoms with Crippen LogP contribution in [0.2, 0.25) is 0 Å². The van der Waals surface area contributed by atoms with Crippen molar-refractivity contribution >= 4 is 11.9 Å². The van der Waals surface area contributed by atoms with E-state index in [1.165, 1.54) is 205 Å². The van der Waals surface area contributed by atoms with Gasteiger partial charge in [-0.3, -0.25) is 9.59 Å². The largest absolute Gasteiger partial charge is 0.466 e. The Morgan fingerprint density at radius 2 is 0.828 bits per heavy atom. The fourth-order valence-corrected chi connectivity index (χ4v) is 8.03. The summed E-state index contributed by atoms with van der Waals surface area (Å²) in [5.41, 5.74) is 0. The predicted molar refractivity (Wildman–Crippen MR) is 250 cm³/mol. The number of aliphatic hydroxyl groups is 2. The van der Waals surface area contributed by atoms with Crippen LogP contribution in [0.5, 0.6) is 0 Å². The van der Waals surface area contributed by atoms with Crippen LogP contribution < -0.4 is 5.32 Å². The zero-order chi connectivity index (χ0) is 42.3. The Bertz CT molecular complexity index is 863. The first kappa shape index (κ1) is 56.6. The maximum absolute atomic E-state index is 12.4. The van der Waals surface area contributed by atoms with Crippen LogP contribution in [-0.2, 0) is 14.3 Å². The van der Waals surface area contributed by atoms with Gasteiger partial charge in [-0.15, -0.1) is 0 Å². The van der Waals surface area contributed by atoms with E-state index in [1.807, 2.05) is 0 Å². The van der Waals surface area contributed by atoms with Crippen molar-refractivity contribution in [3.63, 3.8) is 0 Å². The van der Waals surface area contributed by atoms with E-state index < -0.39 is 12.1 Å². The maximum atomic E-state index is 12.4. The van der Waals surface area contributed by atoms with E-state index in [1.54, 1.807) is 0 Å². The zero-order valence-corrected chi connectivity index (χ0v) is 39.0. The third-order valence-electron chi connectivity index (χ3n) is 12.1. The quantitative estimate of drug-likeness (QED) is 0.0323. The lowest BCUT2D eigenvalue weighted by molar-refractivity contribution is -0.143. The fraction of sp³-hybridized carbons (Fsp3) is 0.923. The molecule has 6 nitrogen and oxygen atoms in total. The lowest BCUT2D eigenvalue weighted by atomic mass is 10.0. The first-order chi connectivity index (χ1) is 28.5. The van der Waals surface area contributed by atoms with Gasteiger partial charge < -0.3 is 20.3 Å². The van der Waals surface area contributed by atoms with E-state index in [2.05, 4.69) is 31.3 Å². The third-order valence-corrected chi connectivity index (χ3v) is 12.1. The van der Waals surface area contributed by atoms with Crippen LogP contribution in [0, 0.1) is 0 Å². The number of carbonyl (C=O) groups excluding carboxylic acids is 2. The fourth-order valence-electron chi connectivity index (χ4n) is 8.03. The van der Waals surface area contributed by atoms with E-state index in [4.69, 9.17) is 4.74 Å². The van der Waals surface area contributed by atoms with Crippen molar-refractivity contribution in [3.05, 3.63) is 12.2 Å². The number of aliphatic hydroxyl groups excluding tert-OH is 2. The monoisotopic (exact) mass is 820 g/mol. The molecule has 0 aromatic carbocycles. The number of carbonyl (C=O) groups is 2. The van der Waals surface area contributed by atoms with E-state index in [0.717, 1.165) is 44.9 Å². The highest BCUT2D eigenvalue weighted by atomic mass is 16.5. The molecule has 0 aromatic heterocycles. The summed E-state index contributed by atoms with van der Waals surface area (Å²) in [6.45, 7) is 4.90. The van der Waals surface area contributed by atoms with Crippen LogP contribution >= 0.6 is 0 Å². The molecule has 0 saturated carbocycles. The van der Waals surface area contributed by atoms with Crippen LogP contribution in [0.25, 0.3) is 0 Å². The zero-order valence-electron chi connectivity index (χ0n) is 39.0. The molecule has 0 heterocycles. The van der Waals surface area contributed by atoms with Gasteiger partial charge in [-0.2, -0.15) is 0 Å². The second-order valence-corrected chi connectivity index (χ2v) is 17.9. The SMILES string of the molecule is CCCC/C=C\CCCCCCCC(=O)OCCCCCCCCCCCCCCCCCCC(=O)NC(CO)C(O)CCCCCCCCCCCCCCCC. The summed E-state index contributed by atoms with van der Waals surface area (Å²) >= 11 is 0. The Kier molecular flexibility index (Phi) is 47.1. The second kappa shape index (κ2) is 48.3. The second-order valence-electron chi connectivity index (χ2n) is 17.9. The Balaban J connectivity index is 3.43. The summed E-state index contributed by atoms with van der Waals surface area (Å²) in [4.78, 5) is 24.4. The molecular weight excluding hydrogens is 719 g/mol. The van der Waals surface area contributed by atoms with Crippen molar-refractivity contribution < 1.29 is 24.5 Å². The highest BCUT2D eigenvalue weighted by Gasteiger charge is 2.20. The van der Waals surface area contributed by atoms with Gasteiger partial charge in [-0.05, 0) is 44.9 Å². The van der Waals surface area contributed by atoms with Crippen LogP contribution in [0.4, 0.5) is 0 Å². The number of nitrogens with one attached hydrogen (secondary N) is 1. The number of unbranched alkanes of at least 4 members (excludes halogenated alkanes) is 35. The molecule has 0 aliphatic carbocycles. The molecule has 0 spiro atoms. The van der Waals surface area contributed by atoms with Gasteiger partial charge in [0.15, 0.2) is 0 Å². The number of hydrogen-bond donors (Lipinski definition) is 3. The summed E-state index contributed by atoms with van der Waals surface area (Å²) in [6.07, 6.45) is 54.6. The number of rotatable bonds is 48. The molecule has 6 heteroatoms. The van der Waals surface area contributed by atoms with Gasteiger partial charge in [0.05, 0.1) is 25.4 Å². The molecule has 58 heavy (non-hydrogen) atoms. The van der Waals surface area contributed by atoms with Gasteiger partial charge in [0, 0.05) is 12.8 Å². The summed E-state index contributed by atoms with van der Waals surface area (Å²) in [5, 5.41) is 23.2. The molecule has 2 unspecified atom stereocenters. The first-order valence-electron chi connectivity index (χ1n) is 25.9. The molecule has 0 rings (SSSR count). The van der Waals surface area contributed by atoms with Gasteiger partial charge in [0.2, 0.25) is 5.91 Å². The summed E-state index contributed by atoms with van der Waals surface area (Å²) in [7, 11) is 0. The number of ether oxygens (including phenoxy) is 1. The summed E-state index contributed by atoms with van der Waals surface area (Å²) in [6, 6.07) is -0.545. The molecule has 0 fully saturated rings. The number of amides is 1. The number of esters is 1. The molecule has 0 bridgehead atoms. The van der Waals surface area contributed by atoms with E-state index in [9.17, 15) is 19.8 Å². The molecule has 3 N–H and O–H groups in total. The van der Waals surface area contributed by atoms with E-state index in [-0.39, 0.29) is 18.5 Å². The molecule has 0 aliphatic heterocycles. The van der Waals surface area contributed by atoms with Crippen LogP contribution in [0.15, 0.2) is 12.2 Å². The number of hydrogen-bond acceptors (Lipinski definition) is 5. The third kappa shape index (κ3) is 44.2. The van der Waals surface area contributed by atoms with Crippen molar-refractivity contribution in [1.29, 1.82) is 0 Å². The average molecular weight is 820 g/mol. The van der Waals surface area contributed by atoms with Crippen LogP contribution in [0.1, 0.15) is 284 Å². The Morgan fingerprint density at radius 1 is 0.466 bits per heavy atom. The molecule has 0 radical (unpaired) electrons. The smallest absolute Gasteiger partial charge is 0.305 e. The summed E-state index contributed by atoms with van der Waals surface area (Å²) in [5.74, 6) is -0.0490. The van der Waals surface area contributed by atoms with Crippen molar-refractivity contribution in [2.24, 2.45) is 0 Å². The van der Waals surface area contributed by atoms with Gasteiger partial charge in [0.1, 0.15) is 0 Å². The van der Waals surface area contributed by atoms with Crippen molar-refractivity contribution in [2.75, 3.05) is 13.2 Å². The lowest BCUT2D eigenvalue weighted by Crippen LogP contribution is -2.45. The van der Waals surface area contributed by atoms with Gasteiger partial charge in [-0.25, -0.2) is 0 Å². The Morgan fingerprint density at radius 3 is 1.28 bits per heavy atom. The molecular formula is C52H101NO5. The van der Waals surface area contributed by atoms with E-state index in [0.29, 0.717) is 25.9 Å². The maximum Gasteiger partial charge on any atom is 0.305 e. The molecule has 2 atom stereocenters. The van der Waals surface area contributed by atoms with Gasteiger partial charge in [-0.1, -0.05) is 238 Å². The van der Waals surface area contributed by atoms with Crippen molar-refractivity contribution in [2.45, 2.75) is 296 Å². The molecule has 0 aromatic rings. The Labute approximate surface area is 361 Å². The Hall–Kier alpha value is -1.40. The lowest BCUT2D eigenvalue weighted by Gasteiger charge is -2.22. The number of allylic oxidation sites excluding steroid dienone is 2. The minimum Gasteiger partial charge on any atom is -0.466 e. The molecule has 0 saturated heterocycles. The highest BCUT2D eigenvalue weighted by molar-refractivity contribution is 5.76. The standard InChI is InChI=1S/C52H101NO5/c1-3-5-7-9-11-13-15-16-21-25-28-32-36-40-44-50(55)49(48-54)53-51(56)45-41-37-33-29-26-22-19-17-18-20-23-27-31-35-39-43-47-58-52(57)46-42-38-34-30-24-14-12-10-8-6-4-2/h10,12,49-50,54-55H,3-9,11,13-48H2,1-2H3,(H,53,56)/b12-10-. The van der Waals surface area contributed by atoms with Crippen LogP contribution in [-0.4, -0.2) is 47.4 Å². The summed E-state index contributed by atoms with van der Waals surface area (Å²) < 4.78 is 5.44. The minimum absolute atomic E-state index is 0.00777. The molecule has 0 aliphatic rings. The predicted octanol–water partition coefficient (Wildman–Crippen LogP) is 15.3. The average Bonchev–Trinajstić information content (AvgIpc) is 3.22. The molecule has 344 valence electrons. The van der Waals surface area contributed by atoms with E-state index >= 15 is 0 Å². The van der Waals surface area contributed by atoms with Crippen LogP contribution in [0.3, 0.4) is 0 Å². The minimum atomic E-state index is -0.667. The van der Waals surface area contributed by atoms with Gasteiger partial charge in [0.25, 0.3) is 0 Å².